The van der Waals surface area contributed by atoms with Crippen molar-refractivity contribution in [2.75, 3.05) is 92.0 Å². The number of hydrogen-bond donors (Lipinski definition) is 9. The zero-order valence-corrected chi connectivity index (χ0v) is 50.5. The number of ether oxygens (including phenoxy) is 6. The summed E-state index contributed by atoms with van der Waals surface area (Å²) >= 11 is 0. The number of alkyl carbamates (subject to hydrolysis) is 3. The molecule has 7 amide bonds. The van der Waals surface area contributed by atoms with Gasteiger partial charge in [-0.3, -0.25) is 24.0 Å². The summed E-state index contributed by atoms with van der Waals surface area (Å²) < 4.78 is 29.6. The van der Waals surface area contributed by atoms with E-state index in [9.17, 15) is 63.3 Å². The molecule has 1 unspecified atom stereocenters. The Hall–Kier alpha value is -4.56. The molecular formula is C61H135AlClLiN8O21. The maximum Gasteiger partial charge on any atom is 1.00 e. The number of likely N-dealkylation sites (tertiary alicyclic amines) is 4. The molecule has 5 saturated heterocycles. The molecule has 0 aromatic carbocycles. The van der Waals surface area contributed by atoms with Crippen molar-refractivity contribution in [1.82, 2.24) is 35.6 Å². The average molecular weight is 1390 g/mol. The first-order chi connectivity index (χ1) is 37.2. The monoisotopic (exact) mass is 1380 g/mol. The molecule has 7 atom stereocenters. The molecule has 29 nitrogen and oxygen atoms in total. The van der Waals surface area contributed by atoms with Crippen LogP contribution in [-0.2, 0) is 62.0 Å². The van der Waals surface area contributed by atoms with Gasteiger partial charge in [-0.15, -0.1) is 12.4 Å². The number of aliphatic hydroxyl groups excluding tert-OH is 5. The number of hydrogen-bond acceptors (Lipinski definition) is 22. The smallest absolute Gasteiger partial charge is 1.00 e. The maximum atomic E-state index is 12.1. The van der Waals surface area contributed by atoms with Crippen LogP contribution in [0.5, 0.6) is 0 Å². The molecule has 0 spiro atoms. The summed E-state index contributed by atoms with van der Waals surface area (Å²) in [5.41, 5.74) is 3.20. The number of nitrogens with one attached hydrogen (secondary N) is 3. The predicted molar refractivity (Wildman–Crippen MR) is 368 cm³/mol. The topological polar surface area (TPSA) is 402 Å². The minimum atomic E-state index is -1.21. The second kappa shape index (κ2) is 58.8. The van der Waals surface area contributed by atoms with Crippen molar-refractivity contribution < 1.29 is 122 Å². The molecule has 32 heteroatoms. The molecule has 0 aliphatic carbocycles. The van der Waals surface area contributed by atoms with Gasteiger partial charge in [0.1, 0.15) is 36.4 Å². The zero-order valence-electron chi connectivity index (χ0n) is 50.7. The van der Waals surface area contributed by atoms with Gasteiger partial charge in [-0.05, 0) is 108 Å². The summed E-state index contributed by atoms with van der Waals surface area (Å²) in [6.07, 6.45) is -0.483. The van der Waals surface area contributed by atoms with Crippen LogP contribution in [-0.4, -0.2) is 273 Å². The number of amides is 7. The molecule has 5 heterocycles. The van der Waals surface area contributed by atoms with Crippen LogP contribution in [0.1, 0.15) is 190 Å². The van der Waals surface area contributed by atoms with E-state index in [4.69, 9.17) is 44.4 Å². The van der Waals surface area contributed by atoms with E-state index in [-0.39, 0.29) is 214 Å². The molecule has 0 aromatic rings. The standard InChI is InChI=1S/C14H24N2O6.C14H22N2O6.C12H22N2O5.C7H14N2O3.C4H8O.10CH4.Al.ClH.Li.4H/c2*1-5-21-12(19)11-9(17)6-7-16(11)10(18)8-15-13(20)22-14(2,3)4;1-12(2,3)19-11(18)13-6-10(17)14-5-4-9(16)8(14)7-15;8-3-7(12)9-2-1-6(11)5(9)4-10;1-2-4-5-3-1;;;;;;;;;;;;;;;;;/h9,11,17H,5-8H2,1-4H3,(H,15,20);11H,5-8H2,1-4H3,(H,15,20);8-9,15-16H,4-7H2,1-3H3,(H,13,18);5-6,10-11H,1-4,8H2;1-4H2;10*1H4;;1H;;;;;/q;;;;;;;;;;;;;;;;;+1;;;;-1/t9-,11+;;8-,9-;5-,6-;;;;;;;;;;;;;;;;;;/m0.00................../s1. The third-order valence-corrected chi connectivity index (χ3v) is 11.6. The van der Waals surface area contributed by atoms with E-state index < -0.39 is 101 Å². The molecule has 5 aliphatic rings. The Bertz CT molecular complexity index is 2050. The van der Waals surface area contributed by atoms with E-state index in [1.165, 1.54) is 27.5 Å². The van der Waals surface area contributed by atoms with E-state index in [0.717, 1.165) is 18.1 Å². The van der Waals surface area contributed by atoms with Crippen molar-refractivity contribution >= 4 is 89.4 Å². The van der Waals surface area contributed by atoms with E-state index in [1.54, 1.807) is 76.2 Å². The molecule has 0 aromatic heterocycles. The number of rotatable bonds is 13. The summed E-state index contributed by atoms with van der Waals surface area (Å²) in [4.78, 5) is 122. The Morgan fingerprint density at radius 1 is 0.527 bits per heavy atom. The van der Waals surface area contributed by atoms with E-state index in [0.29, 0.717) is 32.4 Å². The zero-order chi connectivity index (χ0) is 61.1. The molecule has 556 valence electrons. The summed E-state index contributed by atoms with van der Waals surface area (Å²) in [6.45, 7) is 20.8. The van der Waals surface area contributed by atoms with Crippen LogP contribution >= 0.6 is 12.4 Å². The Kier molecular flexibility index (Phi) is 75.1. The molecule has 0 bridgehead atoms. The van der Waals surface area contributed by atoms with E-state index >= 15 is 0 Å². The first-order valence-corrected chi connectivity index (χ1v) is 26.7. The first-order valence-electron chi connectivity index (χ1n) is 26.7. The van der Waals surface area contributed by atoms with Gasteiger partial charge in [-0.2, -0.15) is 0 Å². The summed E-state index contributed by atoms with van der Waals surface area (Å²) in [7, 11) is 0. The summed E-state index contributed by atoms with van der Waals surface area (Å²) in [5, 5.41) is 53.7. The number of halogens is 1. The number of nitrogens with zero attached hydrogens (tertiary/aromatic N) is 4. The second-order valence-corrected chi connectivity index (χ2v) is 21.6. The van der Waals surface area contributed by atoms with E-state index in [1.807, 2.05) is 0 Å². The van der Waals surface area contributed by atoms with Crippen LogP contribution < -0.4 is 40.5 Å². The van der Waals surface area contributed by atoms with Gasteiger partial charge in [0.15, 0.2) is 35.2 Å². The van der Waals surface area contributed by atoms with Crippen molar-refractivity contribution in [3.05, 3.63) is 0 Å². The van der Waals surface area contributed by atoms with Crippen LogP contribution in [0.3, 0.4) is 0 Å². The number of aliphatic hydroxyl groups is 5. The Balaban J connectivity index is -0.0000000711. The fourth-order valence-corrected chi connectivity index (χ4v) is 8.04. The van der Waals surface area contributed by atoms with Gasteiger partial charge < -0.3 is 96.7 Å². The quantitative estimate of drug-likeness (QED) is 0.0540. The van der Waals surface area contributed by atoms with Crippen LogP contribution in [0.2, 0.25) is 0 Å². The number of carbonyl (C=O) groups is 10. The number of nitrogens with two attached hydrogens (primary N) is 1. The first kappa shape index (κ1) is 119. The Morgan fingerprint density at radius 2 is 0.839 bits per heavy atom. The fourth-order valence-electron chi connectivity index (χ4n) is 8.04. The Labute approximate surface area is 590 Å². The van der Waals surface area contributed by atoms with Gasteiger partial charge in [0.25, 0.3) is 0 Å². The number of ketones is 1. The van der Waals surface area contributed by atoms with Crippen molar-refractivity contribution in [1.29, 1.82) is 0 Å². The van der Waals surface area contributed by atoms with Gasteiger partial charge in [-0.25, -0.2) is 24.0 Å². The Morgan fingerprint density at radius 3 is 1.15 bits per heavy atom. The van der Waals surface area contributed by atoms with Crippen LogP contribution in [0, 0.1) is 0 Å². The number of esters is 2. The molecule has 5 aliphatic heterocycles. The van der Waals surface area contributed by atoms with Crippen molar-refractivity contribution in [3.63, 3.8) is 0 Å². The van der Waals surface area contributed by atoms with Gasteiger partial charge >= 0.3 is 49.1 Å². The van der Waals surface area contributed by atoms with Crippen LogP contribution in [0.25, 0.3) is 0 Å². The fraction of sp³-hybridized carbons (Fsp3) is 0.836. The van der Waals surface area contributed by atoms with E-state index in [2.05, 4.69) is 16.0 Å². The van der Waals surface area contributed by atoms with Gasteiger partial charge in [0, 0.05) is 45.8 Å². The van der Waals surface area contributed by atoms with Gasteiger partial charge in [0.2, 0.25) is 23.6 Å². The van der Waals surface area contributed by atoms with Crippen molar-refractivity contribution in [2.24, 2.45) is 5.73 Å². The molecule has 5 rings (SSSR count). The van der Waals surface area contributed by atoms with Crippen molar-refractivity contribution in [3.8, 4) is 0 Å². The van der Waals surface area contributed by atoms with Crippen LogP contribution in [0.15, 0.2) is 0 Å². The average Bonchev–Trinajstić information content (AvgIpc) is 3.11. The predicted octanol–water partition coefficient (Wildman–Crippen LogP) is 1.16. The molecular weight excluding hydrogens is 1250 g/mol. The third-order valence-electron chi connectivity index (χ3n) is 11.6. The summed E-state index contributed by atoms with van der Waals surface area (Å²) in [6, 6.07) is -3.28. The molecule has 10 N–H and O–H groups in total. The van der Waals surface area contributed by atoms with Gasteiger partial charge in [-0.1, -0.05) is 74.3 Å². The third kappa shape index (κ3) is 45.5. The SMILES string of the molecule is C.C.C.C.C.C.C.C.C.C.C1CCOC1.CC(C)(C)OC(=O)NCC(=O)N1CC[C@H](O)[C@@H]1CO.CCOC(=O)C1C(=O)CCN1C(=O)CNC(=O)OC(C)(C)C.CCOC(=O)[C@H]1[C@@H](O)CCN1C(=O)CNC(=O)OC(C)(C)C.Cl.NCC(=O)N1CC[C@H](O)[C@@H]1CO.[AlH3].[H-].[Li+]. The summed E-state index contributed by atoms with van der Waals surface area (Å²) in [5.74, 6) is -3.31. The molecule has 0 radical (unpaired) electrons. The molecule has 93 heavy (non-hydrogen) atoms. The molecule has 0 saturated carbocycles. The number of carbonyl (C=O) groups excluding carboxylic acids is 10. The minimum Gasteiger partial charge on any atom is -1.00 e. The van der Waals surface area contributed by atoms with Crippen LogP contribution in [0.4, 0.5) is 14.4 Å². The maximum absolute atomic E-state index is 12.1. The molecule has 5 fully saturated rings. The normalized spacial score (nSPS) is 19.2. The minimum absolute atomic E-state index is 0. The van der Waals surface area contributed by atoms with Crippen molar-refractivity contribution in [2.45, 2.75) is 248 Å². The second-order valence-electron chi connectivity index (χ2n) is 21.6. The largest absolute Gasteiger partial charge is 1.00 e. The number of Topliss-reactive ketones (excluding diaryl/α,β-unsaturated/α-hetero) is 1. The van der Waals surface area contributed by atoms with Gasteiger partial charge in [0.05, 0.1) is 63.4 Å².